The monoisotopic (exact) mass is 278 g/mol. The highest BCUT2D eigenvalue weighted by molar-refractivity contribution is 6.31. The molecule has 0 saturated carbocycles. The minimum atomic E-state index is 0.718. The van der Waals surface area contributed by atoms with Gasteiger partial charge in [-0.05, 0) is 38.0 Å². The van der Waals surface area contributed by atoms with Crippen molar-refractivity contribution in [1.82, 2.24) is 20.1 Å². The fourth-order valence-electron chi connectivity index (χ4n) is 2.05. The molecule has 0 aromatic carbocycles. The average Bonchev–Trinajstić information content (AvgIpc) is 2.68. The third-order valence-corrected chi connectivity index (χ3v) is 3.69. The molecule has 0 atom stereocenters. The van der Waals surface area contributed by atoms with E-state index in [0.29, 0.717) is 0 Å². The van der Waals surface area contributed by atoms with E-state index in [2.05, 4.69) is 29.2 Å². The average molecular weight is 279 g/mol. The van der Waals surface area contributed by atoms with Crippen LogP contribution in [0.5, 0.6) is 0 Å². The second-order valence-electron chi connectivity index (χ2n) is 4.57. The maximum atomic E-state index is 6.27. The fourth-order valence-corrected chi connectivity index (χ4v) is 2.26. The van der Waals surface area contributed by atoms with Crippen LogP contribution >= 0.6 is 11.6 Å². The van der Waals surface area contributed by atoms with E-state index < -0.39 is 0 Å². The predicted octanol–water partition coefficient (Wildman–Crippen LogP) is 2.86. The van der Waals surface area contributed by atoms with Crippen LogP contribution in [0.15, 0.2) is 18.5 Å². The quantitative estimate of drug-likeness (QED) is 0.914. The number of pyridine rings is 1. The van der Waals surface area contributed by atoms with Crippen molar-refractivity contribution in [3.63, 3.8) is 0 Å². The third kappa shape index (κ3) is 3.14. The maximum absolute atomic E-state index is 6.27. The van der Waals surface area contributed by atoms with E-state index in [1.165, 1.54) is 11.1 Å². The number of aromatic nitrogens is 3. The molecule has 2 aromatic heterocycles. The van der Waals surface area contributed by atoms with Crippen molar-refractivity contribution in [2.75, 3.05) is 0 Å². The summed E-state index contributed by atoms with van der Waals surface area (Å²) < 4.78 is 1.95. The molecule has 0 aliphatic carbocycles. The first-order chi connectivity index (χ1) is 9.13. The van der Waals surface area contributed by atoms with Crippen molar-refractivity contribution < 1.29 is 0 Å². The summed E-state index contributed by atoms with van der Waals surface area (Å²) >= 11 is 6.27. The van der Waals surface area contributed by atoms with Gasteiger partial charge in [0.05, 0.1) is 16.4 Å². The Morgan fingerprint density at radius 3 is 2.79 bits per heavy atom. The van der Waals surface area contributed by atoms with Crippen molar-refractivity contribution in [3.05, 3.63) is 46.0 Å². The first-order valence-electron chi connectivity index (χ1n) is 6.45. The Morgan fingerprint density at radius 1 is 1.32 bits per heavy atom. The summed E-state index contributed by atoms with van der Waals surface area (Å²) in [6, 6.07) is 2.03. The highest BCUT2D eigenvalue weighted by Crippen LogP contribution is 2.20. The largest absolute Gasteiger partial charge is 0.307 e. The molecule has 1 N–H and O–H groups in total. The molecular weight excluding hydrogens is 260 g/mol. The number of hydrogen-bond acceptors (Lipinski definition) is 3. The first-order valence-corrected chi connectivity index (χ1v) is 6.83. The Labute approximate surface area is 118 Å². The lowest BCUT2D eigenvalue weighted by molar-refractivity contribution is 0.578. The summed E-state index contributed by atoms with van der Waals surface area (Å²) in [7, 11) is 0. The van der Waals surface area contributed by atoms with Crippen LogP contribution in [0.1, 0.15) is 29.4 Å². The van der Waals surface area contributed by atoms with Gasteiger partial charge >= 0.3 is 0 Å². The molecule has 5 heteroatoms. The zero-order valence-electron chi connectivity index (χ0n) is 11.6. The molecule has 2 heterocycles. The molecule has 0 spiro atoms. The van der Waals surface area contributed by atoms with Gasteiger partial charge in [0, 0.05) is 32.0 Å². The molecule has 0 bridgehead atoms. The van der Waals surface area contributed by atoms with Crippen LogP contribution in [0.4, 0.5) is 0 Å². The number of aryl methyl sites for hydroxylation is 3. The molecule has 0 fully saturated rings. The van der Waals surface area contributed by atoms with Gasteiger partial charge in [-0.2, -0.15) is 5.10 Å². The molecule has 19 heavy (non-hydrogen) atoms. The summed E-state index contributed by atoms with van der Waals surface area (Å²) in [5.41, 5.74) is 4.39. The van der Waals surface area contributed by atoms with Crippen LogP contribution in [0, 0.1) is 13.8 Å². The van der Waals surface area contributed by atoms with Gasteiger partial charge in [-0.25, -0.2) is 0 Å². The standard InChI is InChI=1S/C14H19ClN4/c1-4-19-13(14(15)11(3)18-19)9-17-8-12-5-6-16-7-10(12)2/h5-7,17H,4,8-9H2,1-3H3. The van der Waals surface area contributed by atoms with Gasteiger partial charge in [0.15, 0.2) is 0 Å². The first kappa shape index (κ1) is 14.0. The van der Waals surface area contributed by atoms with Gasteiger partial charge < -0.3 is 5.32 Å². The zero-order valence-corrected chi connectivity index (χ0v) is 12.3. The van der Waals surface area contributed by atoms with Gasteiger partial charge in [-0.15, -0.1) is 0 Å². The van der Waals surface area contributed by atoms with E-state index in [1.807, 2.05) is 30.1 Å². The topological polar surface area (TPSA) is 42.7 Å². The molecule has 102 valence electrons. The number of nitrogens with zero attached hydrogens (tertiary/aromatic N) is 3. The lowest BCUT2D eigenvalue weighted by Crippen LogP contribution is -2.17. The number of rotatable bonds is 5. The Bertz CT molecular complexity index is 563. The Morgan fingerprint density at radius 2 is 2.11 bits per heavy atom. The molecule has 2 rings (SSSR count). The third-order valence-electron chi connectivity index (χ3n) is 3.20. The van der Waals surface area contributed by atoms with E-state index in [4.69, 9.17) is 11.6 Å². The van der Waals surface area contributed by atoms with Gasteiger partial charge in [0.1, 0.15) is 0 Å². The summed E-state index contributed by atoms with van der Waals surface area (Å²) in [6.45, 7) is 8.43. The number of halogens is 1. The molecule has 4 nitrogen and oxygen atoms in total. The van der Waals surface area contributed by atoms with Crippen molar-refractivity contribution in [2.24, 2.45) is 0 Å². The van der Waals surface area contributed by atoms with Crippen LogP contribution < -0.4 is 5.32 Å². The Balaban J connectivity index is 2.02. The van der Waals surface area contributed by atoms with Gasteiger partial charge in [0.25, 0.3) is 0 Å². The smallest absolute Gasteiger partial charge is 0.0860 e. The molecule has 0 aliphatic rings. The molecule has 0 amide bonds. The second-order valence-corrected chi connectivity index (χ2v) is 4.95. The second kappa shape index (κ2) is 6.17. The normalized spacial score (nSPS) is 10.9. The minimum absolute atomic E-state index is 0.718. The SMILES string of the molecule is CCn1nc(C)c(Cl)c1CNCc1ccncc1C. The molecule has 0 unspecified atom stereocenters. The molecular formula is C14H19ClN4. The Kier molecular flexibility index (Phi) is 4.56. The lowest BCUT2D eigenvalue weighted by atomic mass is 10.1. The zero-order chi connectivity index (χ0) is 13.8. The highest BCUT2D eigenvalue weighted by Gasteiger charge is 2.11. The molecule has 0 saturated heterocycles. The van der Waals surface area contributed by atoms with Crippen molar-refractivity contribution >= 4 is 11.6 Å². The van der Waals surface area contributed by atoms with Crippen LogP contribution in [-0.2, 0) is 19.6 Å². The van der Waals surface area contributed by atoms with E-state index >= 15 is 0 Å². The summed E-state index contributed by atoms with van der Waals surface area (Å²) in [5, 5.41) is 8.59. The van der Waals surface area contributed by atoms with Crippen molar-refractivity contribution in [1.29, 1.82) is 0 Å². The van der Waals surface area contributed by atoms with Crippen LogP contribution in [0.2, 0.25) is 5.02 Å². The van der Waals surface area contributed by atoms with Gasteiger partial charge in [-0.3, -0.25) is 9.67 Å². The predicted molar refractivity (Wildman–Crippen MR) is 77.2 cm³/mol. The van der Waals surface area contributed by atoms with Crippen LogP contribution in [0.25, 0.3) is 0 Å². The van der Waals surface area contributed by atoms with Crippen LogP contribution in [-0.4, -0.2) is 14.8 Å². The van der Waals surface area contributed by atoms with Gasteiger partial charge in [0.2, 0.25) is 0 Å². The number of nitrogens with one attached hydrogen (secondary N) is 1. The number of hydrogen-bond donors (Lipinski definition) is 1. The lowest BCUT2D eigenvalue weighted by Gasteiger charge is -2.09. The summed E-state index contributed by atoms with van der Waals surface area (Å²) in [5.74, 6) is 0. The molecule has 0 aliphatic heterocycles. The van der Waals surface area contributed by atoms with E-state index in [1.54, 1.807) is 0 Å². The minimum Gasteiger partial charge on any atom is -0.307 e. The summed E-state index contributed by atoms with van der Waals surface area (Å²) in [6.07, 6.45) is 3.70. The van der Waals surface area contributed by atoms with E-state index in [9.17, 15) is 0 Å². The maximum Gasteiger partial charge on any atom is 0.0860 e. The van der Waals surface area contributed by atoms with Crippen molar-refractivity contribution in [3.8, 4) is 0 Å². The highest BCUT2D eigenvalue weighted by atomic mass is 35.5. The molecule has 0 radical (unpaired) electrons. The molecule has 2 aromatic rings. The Hall–Kier alpha value is -1.39. The van der Waals surface area contributed by atoms with E-state index in [0.717, 1.165) is 36.0 Å². The fraction of sp³-hybridized carbons (Fsp3) is 0.429. The van der Waals surface area contributed by atoms with Crippen LogP contribution in [0.3, 0.4) is 0 Å². The van der Waals surface area contributed by atoms with E-state index in [-0.39, 0.29) is 0 Å². The van der Waals surface area contributed by atoms with Crippen molar-refractivity contribution in [2.45, 2.75) is 40.4 Å². The van der Waals surface area contributed by atoms with Gasteiger partial charge in [-0.1, -0.05) is 11.6 Å². The summed E-state index contributed by atoms with van der Waals surface area (Å²) in [4.78, 5) is 4.09.